The van der Waals surface area contributed by atoms with Crippen molar-refractivity contribution >= 4 is 5.91 Å². The van der Waals surface area contributed by atoms with Gasteiger partial charge >= 0.3 is 0 Å². The molecule has 0 bridgehead atoms. The fourth-order valence-electron chi connectivity index (χ4n) is 3.00. The first-order valence-electron chi connectivity index (χ1n) is 6.49. The molecule has 1 N–H and O–H groups in total. The molecule has 0 aromatic carbocycles. The van der Waals surface area contributed by atoms with Gasteiger partial charge in [-0.2, -0.15) is 0 Å². The largest absolute Gasteiger partial charge is 0.337 e. The van der Waals surface area contributed by atoms with Gasteiger partial charge in [-0.25, -0.2) is 0 Å². The lowest BCUT2D eigenvalue weighted by Crippen LogP contribution is -2.52. The molecule has 0 radical (unpaired) electrons. The van der Waals surface area contributed by atoms with Crippen LogP contribution in [-0.4, -0.2) is 36.0 Å². The van der Waals surface area contributed by atoms with Gasteiger partial charge in [-0.05, 0) is 52.6 Å². The van der Waals surface area contributed by atoms with E-state index in [9.17, 15) is 4.79 Å². The molecule has 0 aliphatic carbocycles. The van der Waals surface area contributed by atoms with E-state index >= 15 is 0 Å². The number of nitrogens with zero attached hydrogens (tertiary/aromatic N) is 1. The molecule has 0 aromatic heterocycles. The van der Waals surface area contributed by atoms with E-state index < -0.39 is 0 Å². The maximum absolute atomic E-state index is 12.6. The average Bonchev–Trinajstić information content (AvgIpc) is 2.58. The Labute approximate surface area is 98.6 Å². The lowest BCUT2D eigenvalue weighted by molar-refractivity contribution is -0.146. The molecule has 0 unspecified atom stereocenters. The van der Waals surface area contributed by atoms with Crippen molar-refractivity contribution in [1.82, 2.24) is 10.2 Å². The van der Waals surface area contributed by atoms with Crippen LogP contribution in [0, 0.1) is 5.41 Å². The Bertz CT molecular complexity index is 280. The summed E-state index contributed by atoms with van der Waals surface area (Å²) in [5.74, 6) is 0.386. The van der Waals surface area contributed by atoms with Gasteiger partial charge < -0.3 is 10.2 Å². The second-order valence-corrected chi connectivity index (χ2v) is 6.18. The smallest absolute Gasteiger partial charge is 0.229 e. The molecule has 0 spiro atoms. The van der Waals surface area contributed by atoms with Crippen molar-refractivity contribution in [2.45, 2.75) is 52.0 Å². The fourth-order valence-corrected chi connectivity index (χ4v) is 3.00. The fraction of sp³-hybridized carbons (Fsp3) is 0.923. The van der Waals surface area contributed by atoms with E-state index in [1.807, 2.05) is 0 Å². The molecule has 2 fully saturated rings. The Morgan fingerprint density at radius 3 is 2.25 bits per heavy atom. The van der Waals surface area contributed by atoms with Gasteiger partial charge in [0, 0.05) is 17.5 Å². The minimum Gasteiger partial charge on any atom is -0.337 e. The monoisotopic (exact) mass is 224 g/mol. The highest BCUT2D eigenvalue weighted by Crippen LogP contribution is 2.37. The Hall–Kier alpha value is -0.570. The Kier molecular flexibility index (Phi) is 2.99. The lowest BCUT2D eigenvalue weighted by atomic mass is 9.79. The number of carbonyl (C=O) groups excluding carboxylic acids is 1. The first-order chi connectivity index (χ1) is 7.46. The van der Waals surface area contributed by atoms with E-state index in [4.69, 9.17) is 0 Å². The van der Waals surface area contributed by atoms with Crippen molar-refractivity contribution in [2.75, 3.05) is 19.6 Å². The molecule has 16 heavy (non-hydrogen) atoms. The number of piperidine rings is 1. The van der Waals surface area contributed by atoms with Crippen LogP contribution in [0.2, 0.25) is 0 Å². The molecule has 2 heterocycles. The Morgan fingerprint density at radius 2 is 1.75 bits per heavy atom. The van der Waals surface area contributed by atoms with Crippen molar-refractivity contribution in [1.29, 1.82) is 0 Å². The molecular formula is C13H24N2O. The van der Waals surface area contributed by atoms with Gasteiger partial charge in [0.15, 0.2) is 0 Å². The average molecular weight is 224 g/mol. The molecule has 92 valence electrons. The van der Waals surface area contributed by atoms with E-state index in [0.717, 1.165) is 45.3 Å². The van der Waals surface area contributed by atoms with Crippen LogP contribution < -0.4 is 5.32 Å². The molecule has 3 nitrogen and oxygen atoms in total. The van der Waals surface area contributed by atoms with Crippen LogP contribution in [0.5, 0.6) is 0 Å². The van der Waals surface area contributed by atoms with Gasteiger partial charge in [0.25, 0.3) is 0 Å². The van der Waals surface area contributed by atoms with Gasteiger partial charge in [0.1, 0.15) is 0 Å². The van der Waals surface area contributed by atoms with E-state index in [1.165, 1.54) is 0 Å². The number of rotatable bonds is 1. The van der Waals surface area contributed by atoms with E-state index in [1.54, 1.807) is 0 Å². The predicted molar refractivity (Wildman–Crippen MR) is 65.2 cm³/mol. The zero-order valence-electron chi connectivity index (χ0n) is 10.8. The third kappa shape index (κ3) is 1.97. The molecule has 3 heteroatoms. The molecule has 2 rings (SSSR count). The summed E-state index contributed by atoms with van der Waals surface area (Å²) in [6.07, 6.45) is 4.27. The molecule has 2 saturated heterocycles. The van der Waals surface area contributed by atoms with Gasteiger partial charge in [-0.3, -0.25) is 4.79 Å². The minimum absolute atomic E-state index is 0.0744. The molecule has 2 aliphatic heterocycles. The highest BCUT2D eigenvalue weighted by atomic mass is 16.2. The third-order valence-corrected chi connectivity index (χ3v) is 4.37. The zero-order chi connectivity index (χ0) is 11.8. The SMILES string of the molecule is CC1(C(=O)N2CCCC2(C)C)CCNCC1. The topological polar surface area (TPSA) is 32.3 Å². The van der Waals surface area contributed by atoms with Crippen LogP contribution in [0.15, 0.2) is 0 Å². The first kappa shape index (κ1) is 11.9. The van der Waals surface area contributed by atoms with Crippen molar-refractivity contribution in [3.63, 3.8) is 0 Å². The number of likely N-dealkylation sites (tertiary alicyclic amines) is 1. The van der Waals surface area contributed by atoms with Gasteiger partial charge in [-0.1, -0.05) is 6.92 Å². The van der Waals surface area contributed by atoms with Crippen molar-refractivity contribution in [2.24, 2.45) is 5.41 Å². The quantitative estimate of drug-likeness (QED) is 0.736. The number of amides is 1. The number of carbonyl (C=O) groups is 1. The first-order valence-corrected chi connectivity index (χ1v) is 6.49. The van der Waals surface area contributed by atoms with Crippen LogP contribution in [0.1, 0.15) is 46.5 Å². The van der Waals surface area contributed by atoms with Gasteiger partial charge in [0.2, 0.25) is 5.91 Å². The maximum atomic E-state index is 12.6. The standard InChI is InChI=1S/C13H24N2O/c1-12(2)5-4-10-15(12)11(16)13(3)6-8-14-9-7-13/h14H,4-10H2,1-3H3. The molecule has 0 atom stereocenters. The summed E-state index contributed by atoms with van der Waals surface area (Å²) in [5.41, 5.74) is -0.0438. The van der Waals surface area contributed by atoms with Gasteiger partial charge in [-0.15, -0.1) is 0 Å². The molecule has 0 saturated carbocycles. The van der Waals surface area contributed by atoms with Crippen LogP contribution >= 0.6 is 0 Å². The summed E-state index contributed by atoms with van der Waals surface area (Å²) in [7, 11) is 0. The second-order valence-electron chi connectivity index (χ2n) is 6.18. The number of nitrogens with one attached hydrogen (secondary N) is 1. The van der Waals surface area contributed by atoms with Crippen molar-refractivity contribution in [3.8, 4) is 0 Å². The minimum atomic E-state index is -0.118. The number of hydrogen-bond acceptors (Lipinski definition) is 2. The summed E-state index contributed by atoms with van der Waals surface area (Å²) in [4.78, 5) is 14.8. The zero-order valence-corrected chi connectivity index (χ0v) is 10.8. The summed E-state index contributed by atoms with van der Waals surface area (Å²) in [6, 6.07) is 0. The molecule has 0 aromatic rings. The highest BCUT2D eigenvalue weighted by Gasteiger charge is 2.44. The summed E-state index contributed by atoms with van der Waals surface area (Å²) < 4.78 is 0. The summed E-state index contributed by atoms with van der Waals surface area (Å²) >= 11 is 0. The number of hydrogen-bond donors (Lipinski definition) is 1. The van der Waals surface area contributed by atoms with E-state index in [2.05, 4.69) is 31.0 Å². The Morgan fingerprint density at radius 1 is 1.12 bits per heavy atom. The van der Waals surface area contributed by atoms with Crippen LogP contribution in [0.3, 0.4) is 0 Å². The molecule has 2 aliphatic rings. The van der Waals surface area contributed by atoms with Crippen molar-refractivity contribution < 1.29 is 4.79 Å². The molecule has 1 amide bonds. The van der Waals surface area contributed by atoms with Gasteiger partial charge in [0.05, 0.1) is 0 Å². The van der Waals surface area contributed by atoms with Crippen molar-refractivity contribution in [3.05, 3.63) is 0 Å². The van der Waals surface area contributed by atoms with E-state index in [0.29, 0.717) is 5.91 Å². The summed E-state index contributed by atoms with van der Waals surface area (Å²) in [6.45, 7) is 9.46. The summed E-state index contributed by atoms with van der Waals surface area (Å²) in [5, 5.41) is 3.34. The molecular weight excluding hydrogens is 200 g/mol. The second kappa shape index (κ2) is 4.02. The normalized spacial score (nSPS) is 28.1. The predicted octanol–water partition coefficient (Wildman–Crippen LogP) is 1.78. The van der Waals surface area contributed by atoms with Crippen LogP contribution in [-0.2, 0) is 4.79 Å². The maximum Gasteiger partial charge on any atom is 0.229 e. The lowest BCUT2D eigenvalue weighted by Gasteiger charge is -2.41. The highest BCUT2D eigenvalue weighted by molar-refractivity contribution is 5.83. The third-order valence-electron chi connectivity index (χ3n) is 4.37. The Balaban J connectivity index is 2.12. The van der Waals surface area contributed by atoms with E-state index in [-0.39, 0.29) is 11.0 Å². The van der Waals surface area contributed by atoms with Crippen LogP contribution in [0.25, 0.3) is 0 Å². The van der Waals surface area contributed by atoms with Crippen LogP contribution in [0.4, 0.5) is 0 Å².